The molecule has 0 aliphatic rings. The van der Waals surface area contributed by atoms with Crippen molar-refractivity contribution in [2.24, 2.45) is 5.10 Å². The Bertz CT molecular complexity index is 797. The van der Waals surface area contributed by atoms with Crippen LogP contribution in [0.4, 0.5) is 0 Å². The molecule has 2 rings (SSSR count). The van der Waals surface area contributed by atoms with E-state index >= 15 is 0 Å². The molecule has 0 bridgehead atoms. The first-order valence-electron chi connectivity index (χ1n) is 8.16. The Hall–Kier alpha value is -2.90. The van der Waals surface area contributed by atoms with E-state index in [-0.39, 0.29) is 6.54 Å². The zero-order valence-electron chi connectivity index (χ0n) is 14.8. The molecule has 2 aromatic rings. The smallest absolute Gasteiger partial charge is 0.329 e. The van der Waals surface area contributed by atoms with E-state index in [2.05, 4.69) is 15.8 Å². The Labute approximate surface area is 162 Å². The molecule has 0 atom stereocenters. The van der Waals surface area contributed by atoms with E-state index in [0.717, 1.165) is 5.56 Å². The summed E-state index contributed by atoms with van der Waals surface area (Å²) in [5.41, 5.74) is 3.74. The number of carbonyl (C=O) groups is 2. The van der Waals surface area contributed by atoms with Gasteiger partial charge in [0.15, 0.2) is 0 Å². The first-order chi connectivity index (χ1) is 13.1. The van der Waals surface area contributed by atoms with Gasteiger partial charge in [-0.1, -0.05) is 41.9 Å². The minimum absolute atomic E-state index is 0.234. The average molecular weight is 390 g/mol. The maximum Gasteiger partial charge on any atom is 0.329 e. The minimum Gasteiger partial charge on any atom is -0.488 e. The van der Waals surface area contributed by atoms with Crippen LogP contribution >= 0.6 is 11.6 Å². The van der Waals surface area contributed by atoms with E-state index in [1.165, 1.54) is 13.3 Å². The van der Waals surface area contributed by atoms with Gasteiger partial charge < -0.3 is 14.8 Å². The molecule has 0 aliphatic heterocycles. The van der Waals surface area contributed by atoms with Crippen molar-refractivity contribution in [1.29, 1.82) is 0 Å². The molecule has 0 heterocycles. The summed E-state index contributed by atoms with van der Waals surface area (Å²) in [5.74, 6) is -1.13. The molecule has 0 saturated carbocycles. The van der Waals surface area contributed by atoms with Gasteiger partial charge in [0.05, 0.1) is 12.8 Å². The third-order valence-corrected chi connectivity index (χ3v) is 3.61. The van der Waals surface area contributed by atoms with Crippen molar-refractivity contribution < 1.29 is 19.1 Å². The highest BCUT2D eigenvalue weighted by atomic mass is 35.5. The predicted molar refractivity (Wildman–Crippen MR) is 103 cm³/mol. The topological polar surface area (TPSA) is 89.0 Å². The standard InChI is InChI=1S/C19H20ClN3O4/c1-26-10-9-21-18(24)19(25)23-22-12-15-11-16(20)7-8-17(15)27-13-14-5-3-2-4-6-14/h2-8,11-12H,9-10,13H2,1H3,(H,21,24)(H,23,25)/b22-12-. The Morgan fingerprint density at radius 2 is 1.93 bits per heavy atom. The second kappa shape index (κ2) is 10.9. The van der Waals surface area contributed by atoms with Gasteiger partial charge in [-0.15, -0.1) is 0 Å². The zero-order chi connectivity index (χ0) is 19.5. The fourth-order valence-electron chi connectivity index (χ4n) is 2.05. The summed E-state index contributed by atoms with van der Waals surface area (Å²) in [5, 5.41) is 6.68. The molecule has 7 nitrogen and oxygen atoms in total. The lowest BCUT2D eigenvalue weighted by molar-refractivity contribution is -0.139. The number of carbonyl (C=O) groups excluding carboxylic acids is 2. The number of nitrogens with zero attached hydrogens (tertiary/aromatic N) is 1. The maximum atomic E-state index is 11.7. The van der Waals surface area contributed by atoms with Crippen LogP contribution < -0.4 is 15.5 Å². The normalized spacial score (nSPS) is 10.6. The number of halogens is 1. The second-order valence-electron chi connectivity index (χ2n) is 5.40. The molecule has 142 valence electrons. The van der Waals surface area contributed by atoms with E-state index in [0.29, 0.717) is 29.5 Å². The molecule has 0 saturated heterocycles. The van der Waals surface area contributed by atoms with Gasteiger partial charge in [-0.05, 0) is 23.8 Å². The molecule has 2 aromatic carbocycles. The summed E-state index contributed by atoms with van der Waals surface area (Å²) in [6.45, 7) is 0.919. The Balaban J connectivity index is 1.96. The number of hydrazone groups is 1. The van der Waals surface area contributed by atoms with Crippen molar-refractivity contribution >= 4 is 29.6 Å². The molecule has 2 amide bonds. The van der Waals surface area contributed by atoms with Crippen molar-refractivity contribution in [2.75, 3.05) is 20.3 Å². The minimum atomic E-state index is -0.879. The fraction of sp³-hybridized carbons (Fsp3) is 0.211. The van der Waals surface area contributed by atoms with Gasteiger partial charge in [0.25, 0.3) is 0 Å². The number of methoxy groups -OCH3 is 1. The van der Waals surface area contributed by atoms with Gasteiger partial charge in [-0.25, -0.2) is 5.43 Å². The molecule has 0 radical (unpaired) electrons. The highest BCUT2D eigenvalue weighted by Crippen LogP contribution is 2.22. The quantitative estimate of drug-likeness (QED) is 0.313. The number of amides is 2. The summed E-state index contributed by atoms with van der Waals surface area (Å²) < 4.78 is 10.6. The van der Waals surface area contributed by atoms with Crippen molar-refractivity contribution in [1.82, 2.24) is 10.7 Å². The summed E-state index contributed by atoms with van der Waals surface area (Å²) in [6.07, 6.45) is 1.37. The lowest BCUT2D eigenvalue weighted by atomic mass is 10.2. The van der Waals surface area contributed by atoms with Crippen LogP contribution in [0.25, 0.3) is 0 Å². The monoisotopic (exact) mass is 389 g/mol. The van der Waals surface area contributed by atoms with Crippen LogP contribution in [0.5, 0.6) is 5.75 Å². The Morgan fingerprint density at radius 3 is 2.67 bits per heavy atom. The summed E-state index contributed by atoms with van der Waals surface area (Å²) in [4.78, 5) is 23.2. The van der Waals surface area contributed by atoms with Crippen molar-refractivity contribution in [3.05, 3.63) is 64.7 Å². The van der Waals surface area contributed by atoms with Gasteiger partial charge in [-0.3, -0.25) is 9.59 Å². The summed E-state index contributed by atoms with van der Waals surface area (Å²) >= 11 is 6.02. The lowest BCUT2D eigenvalue weighted by Crippen LogP contribution is -2.39. The maximum absolute atomic E-state index is 11.7. The molecule has 0 aromatic heterocycles. The molecular formula is C19H20ClN3O4. The molecule has 0 aliphatic carbocycles. The number of hydrogen-bond acceptors (Lipinski definition) is 5. The van der Waals surface area contributed by atoms with Crippen LogP contribution in [-0.4, -0.2) is 38.3 Å². The fourth-order valence-corrected chi connectivity index (χ4v) is 2.23. The van der Waals surface area contributed by atoms with E-state index < -0.39 is 11.8 Å². The third kappa shape index (κ3) is 7.08. The molecule has 8 heteroatoms. The molecule has 0 unspecified atom stereocenters. The zero-order valence-corrected chi connectivity index (χ0v) is 15.5. The van der Waals surface area contributed by atoms with Gasteiger partial charge in [0.1, 0.15) is 12.4 Å². The van der Waals surface area contributed by atoms with E-state index in [9.17, 15) is 9.59 Å². The van der Waals surface area contributed by atoms with Crippen LogP contribution in [0.15, 0.2) is 53.6 Å². The van der Waals surface area contributed by atoms with E-state index in [1.54, 1.807) is 18.2 Å². The highest BCUT2D eigenvalue weighted by Gasteiger charge is 2.11. The molecular weight excluding hydrogens is 370 g/mol. The molecule has 0 spiro atoms. The number of rotatable bonds is 8. The van der Waals surface area contributed by atoms with Gasteiger partial charge in [-0.2, -0.15) is 5.10 Å². The first kappa shape index (κ1) is 20.4. The molecule has 0 fully saturated rings. The van der Waals surface area contributed by atoms with Gasteiger partial charge in [0, 0.05) is 24.2 Å². The van der Waals surface area contributed by atoms with Crippen LogP contribution in [0.1, 0.15) is 11.1 Å². The molecule has 2 N–H and O–H groups in total. The average Bonchev–Trinajstić information content (AvgIpc) is 2.68. The number of nitrogens with one attached hydrogen (secondary N) is 2. The van der Waals surface area contributed by atoms with Crippen molar-refractivity contribution in [2.45, 2.75) is 6.61 Å². The van der Waals surface area contributed by atoms with Crippen LogP contribution in [-0.2, 0) is 20.9 Å². The van der Waals surface area contributed by atoms with Crippen LogP contribution in [0.2, 0.25) is 5.02 Å². The Kier molecular flexibility index (Phi) is 8.28. The van der Waals surface area contributed by atoms with Crippen LogP contribution in [0.3, 0.4) is 0 Å². The molecule has 27 heavy (non-hydrogen) atoms. The van der Waals surface area contributed by atoms with Gasteiger partial charge >= 0.3 is 11.8 Å². The van der Waals surface area contributed by atoms with Gasteiger partial charge in [0.2, 0.25) is 0 Å². The highest BCUT2D eigenvalue weighted by molar-refractivity contribution is 6.35. The summed E-state index contributed by atoms with van der Waals surface area (Å²) in [7, 11) is 1.50. The van der Waals surface area contributed by atoms with E-state index in [1.807, 2.05) is 30.3 Å². The Morgan fingerprint density at radius 1 is 1.15 bits per heavy atom. The third-order valence-electron chi connectivity index (χ3n) is 3.38. The SMILES string of the molecule is COCCNC(=O)C(=O)N/N=C\c1cc(Cl)ccc1OCc1ccccc1. The predicted octanol–water partition coefficient (Wildman–Crippen LogP) is 2.13. The summed E-state index contributed by atoms with van der Waals surface area (Å²) in [6, 6.07) is 14.7. The number of benzene rings is 2. The van der Waals surface area contributed by atoms with Crippen LogP contribution in [0, 0.1) is 0 Å². The van der Waals surface area contributed by atoms with Crippen molar-refractivity contribution in [3.63, 3.8) is 0 Å². The van der Waals surface area contributed by atoms with E-state index in [4.69, 9.17) is 21.1 Å². The number of hydrogen-bond donors (Lipinski definition) is 2. The lowest BCUT2D eigenvalue weighted by Gasteiger charge is -2.09. The number of ether oxygens (including phenoxy) is 2. The second-order valence-corrected chi connectivity index (χ2v) is 5.84. The van der Waals surface area contributed by atoms with Crippen molar-refractivity contribution in [3.8, 4) is 5.75 Å². The first-order valence-corrected chi connectivity index (χ1v) is 8.54. The largest absolute Gasteiger partial charge is 0.488 e.